The minimum absolute atomic E-state index is 0.173. The Kier molecular flexibility index (Phi) is 5.90. The van der Waals surface area contributed by atoms with Gasteiger partial charge in [-0.1, -0.05) is 49.7 Å². The third-order valence-electron chi connectivity index (χ3n) is 6.72. The highest BCUT2D eigenvalue weighted by molar-refractivity contribution is 5.97. The molecule has 3 aromatic carbocycles. The lowest BCUT2D eigenvalue weighted by molar-refractivity contribution is -0.117. The van der Waals surface area contributed by atoms with Crippen molar-refractivity contribution in [3.63, 3.8) is 0 Å². The molecule has 0 N–H and O–H groups in total. The molecule has 0 unspecified atom stereocenters. The third kappa shape index (κ3) is 3.76. The summed E-state index contributed by atoms with van der Waals surface area (Å²) in [5.41, 5.74) is 7.35. The summed E-state index contributed by atoms with van der Waals surface area (Å²) in [6.07, 6.45) is 4.46. The van der Waals surface area contributed by atoms with Crippen LogP contribution in [0.3, 0.4) is 0 Å². The van der Waals surface area contributed by atoms with Gasteiger partial charge in [-0.15, -0.1) is 0 Å². The number of rotatable bonds is 6. The Morgan fingerprint density at radius 2 is 1.91 bits per heavy atom. The van der Waals surface area contributed by atoms with E-state index in [4.69, 9.17) is 4.98 Å². The lowest BCUT2D eigenvalue weighted by Crippen LogP contribution is -2.23. The van der Waals surface area contributed by atoms with Crippen LogP contribution in [0.4, 0.5) is 5.69 Å². The van der Waals surface area contributed by atoms with E-state index < -0.39 is 0 Å². The number of benzene rings is 3. The fraction of sp³-hybridized carbons (Fsp3) is 0.276. The van der Waals surface area contributed by atoms with Crippen LogP contribution in [0.5, 0.6) is 0 Å². The Bertz CT molecular complexity index is 1410. The number of carbonyl (C=O) groups excluding carboxylic acids is 1. The first-order valence-electron chi connectivity index (χ1n) is 12.0. The molecule has 34 heavy (non-hydrogen) atoms. The lowest BCUT2D eigenvalue weighted by atomic mass is 9.95. The predicted molar refractivity (Wildman–Crippen MR) is 136 cm³/mol. The lowest BCUT2D eigenvalue weighted by Gasteiger charge is -2.18. The number of unbranched alkanes of at least 4 members (excludes halogenated alkanes) is 1. The van der Waals surface area contributed by atoms with Crippen molar-refractivity contribution >= 4 is 22.6 Å². The van der Waals surface area contributed by atoms with Gasteiger partial charge < -0.3 is 4.90 Å². The average Bonchev–Trinajstić information content (AvgIpc) is 3.45. The molecule has 0 spiro atoms. The number of hydrogen-bond donors (Lipinski definition) is 0. The number of anilines is 1. The highest BCUT2D eigenvalue weighted by atomic mass is 16.2. The van der Waals surface area contributed by atoms with Crippen LogP contribution in [0.25, 0.3) is 27.8 Å². The summed E-state index contributed by atoms with van der Waals surface area (Å²) >= 11 is 0. The SMILES string of the molecule is CCCCc1nc2ccc(N3CCCC3=O)cc2n1-c1ccc(-c2ccccc2)c(C#N)c1C. The number of amides is 1. The molecule has 0 bridgehead atoms. The minimum Gasteiger partial charge on any atom is -0.312 e. The Labute approximate surface area is 200 Å². The number of aromatic nitrogens is 2. The van der Waals surface area contributed by atoms with E-state index in [-0.39, 0.29) is 5.91 Å². The van der Waals surface area contributed by atoms with Gasteiger partial charge in [0.25, 0.3) is 0 Å². The third-order valence-corrected chi connectivity index (χ3v) is 6.72. The van der Waals surface area contributed by atoms with Gasteiger partial charge in [-0.2, -0.15) is 5.26 Å². The molecule has 1 aromatic heterocycles. The molecule has 1 saturated heterocycles. The van der Waals surface area contributed by atoms with E-state index in [0.29, 0.717) is 12.0 Å². The number of hydrogen-bond acceptors (Lipinski definition) is 3. The standard InChI is InChI=1S/C29H28N4O/c1-3-4-11-28-31-25-15-13-22(32-17-8-12-29(32)34)18-27(25)33(28)26-16-14-23(24(19-30)20(26)2)21-9-6-5-7-10-21/h5-7,9-10,13-16,18H,3-4,8,11-12,17H2,1-2H3. The topological polar surface area (TPSA) is 61.9 Å². The van der Waals surface area contributed by atoms with E-state index in [9.17, 15) is 10.1 Å². The van der Waals surface area contributed by atoms with E-state index in [0.717, 1.165) is 77.2 Å². The molecule has 2 heterocycles. The van der Waals surface area contributed by atoms with E-state index >= 15 is 0 Å². The highest BCUT2D eigenvalue weighted by Crippen LogP contribution is 2.34. The summed E-state index contributed by atoms with van der Waals surface area (Å²) < 4.78 is 2.19. The molecular formula is C29H28N4O. The van der Waals surface area contributed by atoms with Gasteiger partial charge in [-0.25, -0.2) is 4.98 Å². The Hall–Kier alpha value is -3.91. The first-order chi connectivity index (χ1) is 16.6. The molecular weight excluding hydrogens is 420 g/mol. The largest absolute Gasteiger partial charge is 0.312 e. The zero-order valence-corrected chi connectivity index (χ0v) is 19.7. The fourth-order valence-corrected chi connectivity index (χ4v) is 4.92. The molecule has 0 saturated carbocycles. The van der Waals surface area contributed by atoms with Crippen LogP contribution < -0.4 is 4.90 Å². The number of nitriles is 1. The molecule has 0 radical (unpaired) electrons. The molecule has 170 valence electrons. The first-order valence-corrected chi connectivity index (χ1v) is 12.0. The van der Waals surface area contributed by atoms with Crippen LogP contribution in [0.1, 0.15) is 49.6 Å². The molecule has 5 rings (SSSR count). The summed E-state index contributed by atoms with van der Waals surface area (Å²) in [7, 11) is 0. The van der Waals surface area contributed by atoms with Gasteiger partial charge in [0.05, 0.1) is 22.3 Å². The molecule has 1 aliphatic rings. The van der Waals surface area contributed by atoms with Crippen LogP contribution in [-0.2, 0) is 11.2 Å². The molecule has 1 amide bonds. The van der Waals surface area contributed by atoms with Crippen LogP contribution in [0.2, 0.25) is 0 Å². The summed E-state index contributed by atoms with van der Waals surface area (Å²) in [5.74, 6) is 1.16. The molecule has 1 fully saturated rings. The Balaban J connectivity index is 1.71. The Morgan fingerprint density at radius 3 is 2.62 bits per heavy atom. The second-order valence-corrected chi connectivity index (χ2v) is 8.90. The number of fused-ring (bicyclic) bond motifs is 1. The number of carbonyl (C=O) groups is 1. The Morgan fingerprint density at radius 1 is 1.09 bits per heavy atom. The van der Waals surface area contributed by atoms with Crippen LogP contribution in [0, 0.1) is 18.3 Å². The molecule has 1 aliphatic heterocycles. The number of nitrogens with zero attached hydrogens (tertiary/aromatic N) is 4. The maximum absolute atomic E-state index is 12.4. The smallest absolute Gasteiger partial charge is 0.227 e. The van der Waals surface area contributed by atoms with Crippen molar-refractivity contribution in [2.75, 3.05) is 11.4 Å². The van der Waals surface area contributed by atoms with Crippen molar-refractivity contribution in [3.05, 3.63) is 77.6 Å². The normalized spacial score (nSPS) is 13.6. The van der Waals surface area contributed by atoms with Crippen molar-refractivity contribution in [2.24, 2.45) is 0 Å². The average molecular weight is 449 g/mol. The van der Waals surface area contributed by atoms with Crippen LogP contribution in [-0.4, -0.2) is 22.0 Å². The molecule has 5 heteroatoms. The zero-order valence-electron chi connectivity index (χ0n) is 19.7. The van der Waals surface area contributed by atoms with E-state index in [1.54, 1.807) is 0 Å². The van der Waals surface area contributed by atoms with Gasteiger partial charge >= 0.3 is 0 Å². The maximum atomic E-state index is 12.4. The number of aryl methyl sites for hydroxylation is 1. The van der Waals surface area contributed by atoms with E-state index in [1.165, 1.54) is 0 Å². The van der Waals surface area contributed by atoms with Gasteiger partial charge in [0, 0.05) is 25.1 Å². The molecule has 0 aliphatic carbocycles. The second kappa shape index (κ2) is 9.15. The molecule has 5 nitrogen and oxygen atoms in total. The molecule has 4 aromatic rings. The summed E-state index contributed by atoms with van der Waals surface area (Å²) in [6, 6.07) is 22.7. The van der Waals surface area contributed by atoms with Crippen LogP contribution in [0.15, 0.2) is 60.7 Å². The monoisotopic (exact) mass is 448 g/mol. The highest BCUT2D eigenvalue weighted by Gasteiger charge is 2.24. The van der Waals surface area contributed by atoms with Gasteiger partial charge in [-0.05, 0) is 60.7 Å². The van der Waals surface area contributed by atoms with Crippen molar-refractivity contribution in [1.82, 2.24) is 9.55 Å². The second-order valence-electron chi connectivity index (χ2n) is 8.90. The van der Waals surface area contributed by atoms with Crippen molar-refractivity contribution in [3.8, 4) is 22.9 Å². The van der Waals surface area contributed by atoms with Gasteiger partial charge in [0.2, 0.25) is 5.91 Å². The maximum Gasteiger partial charge on any atom is 0.227 e. The van der Waals surface area contributed by atoms with Crippen molar-refractivity contribution in [2.45, 2.75) is 46.0 Å². The van der Waals surface area contributed by atoms with Gasteiger partial charge in [0.15, 0.2) is 0 Å². The zero-order chi connectivity index (χ0) is 23.7. The van der Waals surface area contributed by atoms with E-state index in [2.05, 4.69) is 29.7 Å². The first kappa shape index (κ1) is 21.9. The van der Waals surface area contributed by atoms with Gasteiger partial charge in [-0.3, -0.25) is 9.36 Å². The fourth-order valence-electron chi connectivity index (χ4n) is 4.92. The van der Waals surface area contributed by atoms with Crippen molar-refractivity contribution in [1.29, 1.82) is 5.26 Å². The molecule has 0 atom stereocenters. The quantitative estimate of drug-likeness (QED) is 0.346. The predicted octanol–water partition coefficient (Wildman–Crippen LogP) is 6.34. The summed E-state index contributed by atoms with van der Waals surface area (Å²) in [5, 5.41) is 10.1. The van der Waals surface area contributed by atoms with E-state index in [1.807, 2.05) is 60.4 Å². The van der Waals surface area contributed by atoms with Crippen LogP contribution >= 0.6 is 0 Å². The summed E-state index contributed by atoms with van der Waals surface area (Å²) in [6.45, 7) is 4.95. The van der Waals surface area contributed by atoms with Crippen molar-refractivity contribution < 1.29 is 4.79 Å². The van der Waals surface area contributed by atoms with Gasteiger partial charge in [0.1, 0.15) is 11.9 Å². The minimum atomic E-state index is 0.173. The summed E-state index contributed by atoms with van der Waals surface area (Å²) in [4.78, 5) is 19.2. The number of imidazole rings is 1.